The van der Waals surface area contributed by atoms with Crippen molar-refractivity contribution in [1.29, 1.82) is 0 Å². The summed E-state index contributed by atoms with van der Waals surface area (Å²) in [5.74, 6) is -0.0135. The van der Waals surface area contributed by atoms with Crippen molar-refractivity contribution >= 4 is 29.0 Å². The Balaban J connectivity index is 2.23. The first-order valence-corrected chi connectivity index (χ1v) is 5.16. The maximum absolute atomic E-state index is 11.9. The molecule has 17 heavy (non-hydrogen) atoms. The lowest BCUT2D eigenvalue weighted by Gasteiger charge is -2.05. The molecule has 0 fully saturated rings. The summed E-state index contributed by atoms with van der Waals surface area (Å²) in [7, 11) is 1.64. The van der Waals surface area contributed by atoms with E-state index >= 15 is 0 Å². The summed E-state index contributed by atoms with van der Waals surface area (Å²) in [6.07, 6.45) is 2.92. The Morgan fingerprint density at radius 1 is 1.59 bits per heavy atom. The molecule has 0 aromatic carbocycles. The maximum Gasteiger partial charge on any atom is 0.277 e. The smallest absolute Gasteiger partial charge is 0.277 e. The summed E-state index contributed by atoms with van der Waals surface area (Å²) in [6, 6.07) is 3.17. The lowest BCUT2D eigenvalue weighted by atomic mass is 10.3. The van der Waals surface area contributed by atoms with Crippen LogP contribution in [0.25, 0.3) is 0 Å². The highest BCUT2D eigenvalue weighted by Gasteiger charge is 2.15. The van der Waals surface area contributed by atoms with E-state index < -0.39 is 0 Å². The van der Waals surface area contributed by atoms with Crippen LogP contribution in [-0.2, 0) is 7.05 Å². The van der Waals surface area contributed by atoms with Crippen LogP contribution >= 0.6 is 11.6 Å². The summed E-state index contributed by atoms with van der Waals surface area (Å²) in [6.45, 7) is 0. The summed E-state index contributed by atoms with van der Waals surface area (Å²) in [5.41, 5.74) is 6.23. The second-order valence-electron chi connectivity index (χ2n) is 3.39. The lowest BCUT2D eigenvalue weighted by Crippen LogP contribution is -2.18. The molecule has 0 saturated heterocycles. The molecule has 2 rings (SSSR count). The van der Waals surface area contributed by atoms with Gasteiger partial charge in [0.05, 0.1) is 11.9 Å². The molecule has 88 valence electrons. The van der Waals surface area contributed by atoms with Crippen LogP contribution in [-0.4, -0.2) is 20.7 Å². The fourth-order valence-corrected chi connectivity index (χ4v) is 1.54. The number of nitrogens with two attached hydrogens (primary N) is 1. The number of hydrogen-bond donors (Lipinski definition) is 2. The molecular weight excluding hydrogens is 242 g/mol. The van der Waals surface area contributed by atoms with Crippen molar-refractivity contribution < 1.29 is 4.79 Å². The standard InChI is InChI=1S/C10H10ClN5O/c1-16-9(7(12)5-14-16)10(17)15-8-4-6(11)2-3-13-8/h2-5H,12H2,1H3,(H,13,15,17). The number of nitrogens with zero attached hydrogens (tertiary/aromatic N) is 3. The van der Waals surface area contributed by atoms with Crippen LogP contribution in [0.1, 0.15) is 10.5 Å². The van der Waals surface area contributed by atoms with Gasteiger partial charge in [-0.15, -0.1) is 0 Å². The number of nitrogen functional groups attached to an aromatic ring is 1. The van der Waals surface area contributed by atoms with Crippen LogP contribution in [0.3, 0.4) is 0 Å². The van der Waals surface area contributed by atoms with Crippen molar-refractivity contribution in [3.63, 3.8) is 0 Å². The molecule has 0 radical (unpaired) electrons. The topological polar surface area (TPSA) is 85.8 Å². The number of carbonyl (C=O) groups excluding carboxylic acids is 1. The zero-order valence-electron chi connectivity index (χ0n) is 9.01. The minimum absolute atomic E-state index is 0.284. The number of pyridine rings is 1. The van der Waals surface area contributed by atoms with Gasteiger partial charge in [0.25, 0.3) is 5.91 Å². The number of aryl methyl sites for hydroxylation is 1. The minimum atomic E-state index is -0.378. The molecule has 0 bridgehead atoms. The Hall–Kier alpha value is -2.08. The second kappa shape index (κ2) is 4.42. The molecule has 0 saturated carbocycles. The monoisotopic (exact) mass is 251 g/mol. The molecular formula is C10H10ClN5O. The van der Waals surface area contributed by atoms with Gasteiger partial charge < -0.3 is 11.1 Å². The average Bonchev–Trinajstić information content (AvgIpc) is 2.58. The Labute approximate surface area is 102 Å². The number of carbonyl (C=O) groups is 1. The Morgan fingerprint density at radius 3 is 2.94 bits per heavy atom. The van der Waals surface area contributed by atoms with E-state index in [0.717, 1.165) is 0 Å². The molecule has 0 spiro atoms. The molecule has 0 aliphatic heterocycles. The van der Waals surface area contributed by atoms with Crippen molar-refractivity contribution in [3.05, 3.63) is 35.2 Å². The fourth-order valence-electron chi connectivity index (χ4n) is 1.38. The Bertz CT molecular complexity index is 546. The number of halogens is 1. The minimum Gasteiger partial charge on any atom is -0.396 e. The van der Waals surface area contributed by atoms with Gasteiger partial charge in [0.15, 0.2) is 0 Å². The van der Waals surface area contributed by atoms with Crippen LogP contribution in [0, 0.1) is 0 Å². The van der Waals surface area contributed by atoms with Gasteiger partial charge in [0.2, 0.25) is 0 Å². The van der Waals surface area contributed by atoms with E-state index in [2.05, 4.69) is 15.4 Å². The molecule has 0 atom stereocenters. The number of nitrogens with one attached hydrogen (secondary N) is 1. The highest BCUT2D eigenvalue weighted by molar-refractivity contribution is 6.30. The Kier molecular flexibility index (Phi) is 2.97. The van der Waals surface area contributed by atoms with Crippen LogP contribution in [0.15, 0.2) is 24.5 Å². The zero-order chi connectivity index (χ0) is 12.4. The van der Waals surface area contributed by atoms with E-state index in [4.69, 9.17) is 17.3 Å². The Morgan fingerprint density at radius 2 is 2.35 bits per heavy atom. The normalized spacial score (nSPS) is 10.2. The molecule has 3 N–H and O–H groups in total. The van der Waals surface area contributed by atoms with Crippen molar-refractivity contribution in [2.45, 2.75) is 0 Å². The van der Waals surface area contributed by atoms with E-state index in [1.54, 1.807) is 19.2 Å². The van der Waals surface area contributed by atoms with Gasteiger partial charge in [0, 0.05) is 18.3 Å². The molecule has 0 unspecified atom stereocenters. The predicted molar refractivity (Wildman–Crippen MR) is 64.8 cm³/mol. The number of anilines is 2. The molecule has 2 aromatic rings. The third-order valence-electron chi connectivity index (χ3n) is 2.15. The maximum atomic E-state index is 11.9. The average molecular weight is 252 g/mol. The molecule has 0 aliphatic carbocycles. The van der Waals surface area contributed by atoms with Gasteiger partial charge in [-0.1, -0.05) is 11.6 Å². The SMILES string of the molecule is Cn1ncc(N)c1C(=O)Nc1cc(Cl)ccn1. The molecule has 2 heterocycles. The molecule has 6 nitrogen and oxygen atoms in total. The van der Waals surface area contributed by atoms with E-state index in [9.17, 15) is 4.79 Å². The van der Waals surface area contributed by atoms with Crippen molar-refractivity contribution in [3.8, 4) is 0 Å². The number of amides is 1. The summed E-state index contributed by atoms with van der Waals surface area (Å²) >= 11 is 5.78. The quantitative estimate of drug-likeness (QED) is 0.842. The molecule has 1 amide bonds. The lowest BCUT2D eigenvalue weighted by molar-refractivity contribution is 0.101. The van der Waals surface area contributed by atoms with Gasteiger partial charge in [-0.05, 0) is 12.1 Å². The van der Waals surface area contributed by atoms with E-state index in [-0.39, 0.29) is 11.6 Å². The van der Waals surface area contributed by atoms with Gasteiger partial charge in [-0.2, -0.15) is 5.10 Å². The number of hydrogen-bond acceptors (Lipinski definition) is 4. The van der Waals surface area contributed by atoms with Crippen molar-refractivity contribution in [2.75, 3.05) is 11.1 Å². The molecule has 7 heteroatoms. The fraction of sp³-hybridized carbons (Fsp3) is 0.100. The van der Waals surface area contributed by atoms with Crippen LogP contribution < -0.4 is 11.1 Å². The van der Waals surface area contributed by atoms with Gasteiger partial charge >= 0.3 is 0 Å². The van der Waals surface area contributed by atoms with Gasteiger partial charge in [-0.3, -0.25) is 9.48 Å². The first kappa shape index (κ1) is 11.4. The van der Waals surface area contributed by atoms with Crippen molar-refractivity contribution in [1.82, 2.24) is 14.8 Å². The predicted octanol–water partition coefficient (Wildman–Crippen LogP) is 1.30. The van der Waals surface area contributed by atoms with Crippen LogP contribution in [0.2, 0.25) is 5.02 Å². The second-order valence-corrected chi connectivity index (χ2v) is 3.82. The van der Waals surface area contributed by atoms with Gasteiger partial charge in [0.1, 0.15) is 11.5 Å². The highest BCUT2D eigenvalue weighted by Crippen LogP contribution is 2.15. The van der Waals surface area contributed by atoms with E-state index in [1.165, 1.54) is 17.1 Å². The summed E-state index contributed by atoms with van der Waals surface area (Å²) < 4.78 is 1.40. The first-order valence-electron chi connectivity index (χ1n) is 4.78. The van der Waals surface area contributed by atoms with E-state index in [1.807, 2.05) is 0 Å². The van der Waals surface area contributed by atoms with Crippen molar-refractivity contribution in [2.24, 2.45) is 7.05 Å². The third kappa shape index (κ3) is 2.36. The van der Waals surface area contributed by atoms with Crippen LogP contribution in [0.4, 0.5) is 11.5 Å². The number of aromatic nitrogens is 3. The van der Waals surface area contributed by atoms with Gasteiger partial charge in [-0.25, -0.2) is 4.98 Å². The highest BCUT2D eigenvalue weighted by atomic mass is 35.5. The third-order valence-corrected chi connectivity index (χ3v) is 2.38. The zero-order valence-corrected chi connectivity index (χ0v) is 9.77. The summed E-state index contributed by atoms with van der Waals surface area (Å²) in [5, 5.41) is 6.97. The first-order chi connectivity index (χ1) is 8.08. The largest absolute Gasteiger partial charge is 0.396 e. The van der Waals surface area contributed by atoms with E-state index in [0.29, 0.717) is 16.5 Å². The molecule has 0 aliphatic rings. The number of rotatable bonds is 2. The van der Waals surface area contributed by atoms with Crippen LogP contribution in [0.5, 0.6) is 0 Å². The molecule has 2 aromatic heterocycles. The summed E-state index contributed by atoms with van der Waals surface area (Å²) in [4.78, 5) is 15.9.